The van der Waals surface area contributed by atoms with Crippen LogP contribution in [-0.2, 0) is 4.79 Å². The summed E-state index contributed by atoms with van der Waals surface area (Å²) in [6.07, 6.45) is 0.449. The summed E-state index contributed by atoms with van der Waals surface area (Å²) in [6, 6.07) is 15.6. The summed E-state index contributed by atoms with van der Waals surface area (Å²) in [7, 11) is 0. The fourth-order valence-electron chi connectivity index (χ4n) is 2.55. The molecule has 1 unspecified atom stereocenters. The quantitative estimate of drug-likeness (QED) is 0.802. The van der Waals surface area contributed by atoms with Crippen molar-refractivity contribution in [1.29, 1.82) is 0 Å². The van der Waals surface area contributed by atoms with Crippen LogP contribution >= 0.6 is 0 Å². The Bertz CT molecular complexity index is 644. The first-order chi connectivity index (χ1) is 11.0. The number of ether oxygens (including phenoxy) is 1. The Labute approximate surface area is 137 Å². The van der Waals surface area contributed by atoms with Crippen molar-refractivity contribution in [2.45, 2.75) is 39.0 Å². The number of hydrogen-bond donors (Lipinski definition) is 1. The number of aryl methyl sites for hydroxylation is 1. The predicted octanol–water partition coefficient (Wildman–Crippen LogP) is 4.76. The zero-order chi connectivity index (χ0) is 16.8. The minimum Gasteiger partial charge on any atom is -0.493 e. The molecule has 2 aromatic rings. The molecule has 0 aliphatic rings. The van der Waals surface area contributed by atoms with Crippen LogP contribution in [0, 0.1) is 6.92 Å². The molecule has 1 N–H and O–H groups in total. The first-order valence-corrected chi connectivity index (χ1v) is 8.00. The lowest BCUT2D eigenvalue weighted by molar-refractivity contribution is -0.139. The van der Waals surface area contributed by atoms with Crippen LogP contribution in [0.2, 0.25) is 0 Å². The van der Waals surface area contributed by atoms with Crippen molar-refractivity contribution >= 4 is 5.97 Å². The van der Waals surface area contributed by atoms with Gasteiger partial charge in [-0.1, -0.05) is 56.3 Å². The van der Waals surface area contributed by atoms with E-state index in [1.165, 1.54) is 5.56 Å². The highest BCUT2D eigenvalue weighted by Crippen LogP contribution is 2.24. The standard InChI is InChI=1S/C20H24O3/c1-14(2)16-8-10-17(11-9-16)18(20(21)22)12-13-23-19-7-5-4-6-15(19)3/h4-11,14,18H,12-13H2,1-3H3,(H,21,22). The maximum absolute atomic E-state index is 11.6. The van der Waals surface area contributed by atoms with Gasteiger partial charge in [0.05, 0.1) is 12.5 Å². The van der Waals surface area contributed by atoms with E-state index in [9.17, 15) is 9.90 Å². The SMILES string of the molecule is Cc1ccccc1OCCC(C(=O)O)c1ccc(C(C)C)cc1. The van der Waals surface area contributed by atoms with Gasteiger partial charge < -0.3 is 9.84 Å². The van der Waals surface area contributed by atoms with Gasteiger partial charge in [0.15, 0.2) is 0 Å². The highest BCUT2D eigenvalue weighted by Gasteiger charge is 2.20. The molecule has 0 aromatic heterocycles. The summed E-state index contributed by atoms with van der Waals surface area (Å²) < 4.78 is 5.74. The van der Waals surface area contributed by atoms with E-state index >= 15 is 0 Å². The van der Waals surface area contributed by atoms with Crippen molar-refractivity contribution in [3.8, 4) is 5.75 Å². The second-order valence-electron chi connectivity index (χ2n) is 6.11. The topological polar surface area (TPSA) is 46.5 Å². The smallest absolute Gasteiger partial charge is 0.311 e. The lowest BCUT2D eigenvalue weighted by atomic mass is 9.93. The molecule has 0 amide bonds. The minimum absolute atomic E-state index is 0.383. The molecule has 2 rings (SSSR count). The van der Waals surface area contributed by atoms with Crippen LogP contribution < -0.4 is 4.74 Å². The monoisotopic (exact) mass is 312 g/mol. The molecule has 1 atom stereocenters. The molecular weight excluding hydrogens is 288 g/mol. The normalized spacial score (nSPS) is 12.2. The van der Waals surface area contributed by atoms with E-state index in [-0.39, 0.29) is 0 Å². The van der Waals surface area contributed by atoms with Crippen LogP contribution in [0.4, 0.5) is 0 Å². The van der Waals surface area contributed by atoms with E-state index in [0.717, 1.165) is 16.9 Å². The van der Waals surface area contributed by atoms with Crippen LogP contribution in [0.15, 0.2) is 48.5 Å². The lowest BCUT2D eigenvalue weighted by Crippen LogP contribution is -2.15. The Morgan fingerprint density at radius 3 is 2.22 bits per heavy atom. The van der Waals surface area contributed by atoms with Gasteiger partial charge in [-0.2, -0.15) is 0 Å². The van der Waals surface area contributed by atoms with Crippen LogP contribution in [0.25, 0.3) is 0 Å². The number of carbonyl (C=O) groups is 1. The molecule has 0 heterocycles. The predicted molar refractivity (Wildman–Crippen MR) is 92.2 cm³/mol. The molecule has 0 aliphatic heterocycles. The average Bonchev–Trinajstić information content (AvgIpc) is 2.53. The van der Waals surface area contributed by atoms with Gasteiger partial charge in [0.2, 0.25) is 0 Å². The molecule has 0 bridgehead atoms. The second-order valence-corrected chi connectivity index (χ2v) is 6.11. The number of carboxylic acid groups (broad SMARTS) is 1. The average molecular weight is 312 g/mol. The van der Waals surface area contributed by atoms with Crippen LogP contribution in [0.5, 0.6) is 5.75 Å². The van der Waals surface area contributed by atoms with Gasteiger partial charge in [0.25, 0.3) is 0 Å². The molecule has 0 radical (unpaired) electrons. The molecule has 3 heteroatoms. The first-order valence-electron chi connectivity index (χ1n) is 8.00. The van der Waals surface area contributed by atoms with Crippen LogP contribution in [0.3, 0.4) is 0 Å². The summed E-state index contributed by atoms with van der Waals surface area (Å²) in [5, 5.41) is 9.50. The van der Waals surface area contributed by atoms with Gasteiger partial charge in [0, 0.05) is 0 Å². The van der Waals surface area contributed by atoms with Crippen molar-refractivity contribution < 1.29 is 14.6 Å². The number of aliphatic carboxylic acids is 1. The molecule has 0 fully saturated rings. The summed E-state index contributed by atoms with van der Waals surface area (Å²) in [5.74, 6) is -0.0978. The zero-order valence-corrected chi connectivity index (χ0v) is 14.0. The van der Waals surface area contributed by atoms with Crippen molar-refractivity contribution in [2.24, 2.45) is 0 Å². The number of para-hydroxylation sites is 1. The third kappa shape index (κ3) is 4.59. The summed E-state index contributed by atoms with van der Waals surface area (Å²) >= 11 is 0. The molecule has 23 heavy (non-hydrogen) atoms. The van der Waals surface area contributed by atoms with Crippen molar-refractivity contribution in [3.05, 3.63) is 65.2 Å². The van der Waals surface area contributed by atoms with Gasteiger partial charge in [-0.25, -0.2) is 0 Å². The Kier molecular flexibility index (Phi) is 5.80. The van der Waals surface area contributed by atoms with Gasteiger partial charge in [-0.05, 0) is 42.0 Å². The summed E-state index contributed by atoms with van der Waals surface area (Å²) in [5.41, 5.74) is 3.10. The second kappa shape index (κ2) is 7.82. The van der Waals surface area contributed by atoms with E-state index in [1.54, 1.807) is 0 Å². The summed E-state index contributed by atoms with van der Waals surface area (Å²) in [6.45, 7) is 6.61. The molecular formula is C20H24O3. The zero-order valence-electron chi connectivity index (χ0n) is 14.0. The maximum Gasteiger partial charge on any atom is 0.311 e. The molecule has 0 saturated heterocycles. The third-order valence-corrected chi connectivity index (χ3v) is 4.06. The largest absolute Gasteiger partial charge is 0.493 e. The molecule has 0 saturated carbocycles. The van der Waals surface area contributed by atoms with E-state index in [1.807, 2.05) is 55.5 Å². The van der Waals surface area contributed by atoms with Gasteiger partial charge >= 0.3 is 5.97 Å². The van der Waals surface area contributed by atoms with E-state index in [0.29, 0.717) is 18.9 Å². The highest BCUT2D eigenvalue weighted by atomic mass is 16.5. The fourth-order valence-corrected chi connectivity index (χ4v) is 2.55. The van der Waals surface area contributed by atoms with E-state index in [4.69, 9.17) is 4.74 Å². The molecule has 2 aromatic carbocycles. The molecule has 3 nitrogen and oxygen atoms in total. The first kappa shape index (κ1) is 17.1. The highest BCUT2D eigenvalue weighted by molar-refractivity contribution is 5.76. The van der Waals surface area contributed by atoms with Gasteiger partial charge in [0.1, 0.15) is 5.75 Å². The maximum atomic E-state index is 11.6. The number of rotatable bonds is 7. The Morgan fingerprint density at radius 2 is 1.65 bits per heavy atom. The number of hydrogen-bond acceptors (Lipinski definition) is 2. The number of carboxylic acids is 1. The van der Waals surface area contributed by atoms with Crippen LogP contribution in [0.1, 0.15) is 48.8 Å². The lowest BCUT2D eigenvalue weighted by Gasteiger charge is -2.15. The Balaban J connectivity index is 2.01. The van der Waals surface area contributed by atoms with E-state index < -0.39 is 11.9 Å². The van der Waals surface area contributed by atoms with Crippen molar-refractivity contribution in [1.82, 2.24) is 0 Å². The van der Waals surface area contributed by atoms with E-state index in [2.05, 4.69) is 13.8 Å². The van der Waals surface area contributed by atoms with Crippen molar-refractivity contribution in [2.75, 3.05) is 6.61 Å². The van der Waals surface area contributed by atoms with Gasteiger partial charge in [-0.15, -0.1) is 0 Å². The minimum atomic E-state index is -0.810. The summed E-state index contributed by atoms with van der Waals surface area (Å²) in [4.78, 5) is 11.6. The fraction of sp³-hybridized carbons (Fsp3) is 0.350. The Hall–Kier alpha value is -2.29. The molecule has 0 aliphatic carbocycles. The third-order valence-electron chi connectivity index (χ3n) is 4.06. The van der Waals surface area contributed by atoms with Crippen molar-refractivity contribution in [3.63, 3.8) is 0 Å². The van der Waals surface area contributed by atoms with Gasteiger partial charge in [-0.3, -0.25) is 4.79 Å². The molecule has 0 spiro atoms. The molecule has 122 valence electrons. The van der Waals surface area contributed by atoms with Crippen LogP contribution in [-0.4, -0.2) is 17.7 Å². The Morgan fingerprint density at radius 1 is 1.04 bits per heavy atom. The number of benzene rings is 2.